The molecule has 0 spiro atoms. The highest BCUT2D eigenvalue weighted by Gasteiger charge is 2.35. The van der Waals surface area contributed by atoms with Crippen molar-refractivity contribution in [1.82, 2.24) is 19.4 Å². The normalized spacial score (nSPS) is 23.4. The lowest BCUT2D eigenvalue weighted by atomic mass is 10.3. The Morgan fingerprint density at radius 2 is 1.94 bits per heavy atom. The zero-order valence-electron chi connectivity index (χ0n) is 10.5. The third-order valence-corrected chi connectivity index (χ3v) is 5.75. The van der Waals surface area contributed by atoms with Gasteiger partial charge in [-0.25, -0.2) is 8.42 Å². The molecule has 1 aromatic heterocycles. The Morgan fingerprint density at radius 1 is 1.28 bits per heavy atom. The van der Waals surface area contributed by atoms with Gasteiger partial charge in [-0.1, -0.05) is 0 Å². The Morgan fingerprint density at radius 3 is 2.44 bits per heavy atom. The fourth-order valence-corrected chi connectivity index (χ4v) is 4.03. The van der Waals surface area contributed by atoms with Gasteiger partial charge >= 0.3 is 0 Å². The summed E-state index contributed by atoms with van der Waals surface area (Å²) in [7, 11) is -3.37. The van der Waals surface area contributed by atoms with Crippen LogP contribution in [0.25, 0.3) is 0 Å². The van der Waals surface area contributed by atoms with Gasteiger partial charge in [-0.3, -0.25) is 10.00 Å². The molecule has 0 bridgehead atoms. The minimum Gasteiger partial charge on any atom is -0.298 e. The molecule has 7 heteroatoms. The van der Waals surface area contributed by atoms with E-state index in [1.54, 1.807) is 11.2 Å². The number of hydrogen-bond donors (Lipinski definition) is 1. The van der Waals surface area contributed by atoms with Gasteiger partial charge in [0.2, 0.25) is 10.0 Å². The lowest BCUT2D eigenvalue weighted by molar-refractivity contribution is 0.180. The van der Waals surface area contributed by atoms with Gasteiger partial charge in [0, 0.05) is 32.2 Å². The van der Waals surface area contributed by atoms with Crippen molar-refractivity contribution in [3.8, 4) is 0 Å². The Balaban J connectivity index is 1.73. The third-order valence-electron chi connectivity index (χ3n) is 3.74. The molecule has 18 heavy (non-hydrogen) atoms. The van der Waals surface area contributed by atoms with Gasteiger partial charge < -0.3 is 0 Å². The number of piperazine rings is 1. The predicted octanol–water partition coefficient (Wildman–Crippen LogP) is 0.187. The summed E-state index contributed by atoms with van der Waals surface area (Å²) in [6.45, 7) is 4.61. The van der Waals surface area contributed by atoms with E-state index in [0.717, 1.165) is 13.1 Å². The van der Waals surface area contributed by atoms with Gasteiger partial charge in [0.15, 0.2) is 0 Å². The van der Waals surface area contributed by atoms with Crippen LogP contribution in [0.2, 0.25) is 0 Å². The average Bonchev–Trinajstić information content (AvgIpc) is 3.11. The van der Waals surface area contributed by atoms with E-state index < -0.39 is 10.0 Å². The third kappa shape index (κ3) is 2.06. The molecule has 100 valence electrons. The molecule has 6 nitrogen and oxygen atoms in total. The smallest absolute Gasteiger partial charge is 0.246 e. The summed E-state index contributed by atoms with van der Waals surface area (Å²) in [5.41, 5.74) is 0.611. The second-order valence-corrected chi connectivity index (χ2v) is 6.94. The summed E-state index contributed by atoms with van der Waals surface area (Å²) in [5, 5.41) is 6.48. The van der Waals surface area contributed by atoms with Crippen molar-refractivity contribution >= 4 is 10.0 Å². The molecule has 1 saturated carbocycles. The first-order valence-corrected chi connectivity index (χ1v) is 7.77. The molecule has 1 aliphatic heterocycles. The molecule has 1 aliphatic carbocycles. The zero-order valence-corrected chi connectivity index (χ0v) is 11.3. The average molecular weight is 270 g/mol. The lowest BCUT2D eigenvalue weighted by Gasteiger charge is -2.33. The quantitative estimate of drug-likeness (QED) is 0.851. The van der Waals surface area contributed by atoms with Crippen molar-refractivity contribution < 1.29 is 8.42 Å². The molecule has 1 aromatic rings. The molecule has 1 saturated heterocycles. The molecule has 0 amide bonds. The van der Waals surface area contributed by atoms with Crippen LogP contribution in [0.1, 0.15) is 18.5 Å². The van der Waals surface area contributed by atoms with Gasteiger partial charge in [-0.2, -0.15) is 9.40 Å². The van der Waals surface area contributed by atoms with E-state index in [0.29, 0.717) is 29.7 Å². The first-order valence-electron chi connectivity index (χ1n) is 6.33. The molecule has 0 atom stereocenters. The van der Waals surface area contributed by atoms with Gasteiger partial charge in [0.1, 0.15) is 4.90 Å². The van der Waals surface area contributed by atoms with Crippen molar-refractivity contribution in [1.29, 1.82) is 0 Å². The zero-order chi connectivity index (χ0) is 12.8. The van der Waals surface area contributed by atoms with Crippen LogP contribution < -0.4 is 0 Å². The van der Waals surface area contributed by atoms with Crippen LogP contribution in [0, 0.1) is 6.92 Å². The molecule has 0 aromatic carbocycles. The highest BCUT2D eigenvalue weighted by Crippen LogP contribution is 2.28. The minimum absolute atomic E-state index is 0.308. The van der Waals surface area contributed by atoms with E-state index in [9.17, 15) is 8.42 Å². The van der Waals surface area contributed by atoms with E-state index in [2.05, 4.69) is 15.1 Å². The number of H-pyrrole nitrogens is 1. The number of nitrogens with zero attached hydrogens (tertiary/aromatic N) is 3. The second kappa shape index (κ2) is 4.32. The van der Waals surface area contributed by atoms with Crippen molar-refractivity contribution in [2.24, 2.45) is 0 Å². The SMILES string of the molecule is Cc1[nH]ncc1S(=O)(=O)N1CCN(C2CC2)CC1. The molecule has 2 heterocycles. The summed E-state index contributed by atoms with van der Waals surface area (Å²) in [5.74, 6) is 0. The number of aromatic nitrogens is 2. The van der Waals surface area contributed by atoms with Crippen LogP contribution in [0.4, 0.5) is 0 Å². The maximum atomic E-state index is 12.4. The molecule has 3 rings (SSSR count). The predicted molar refractivity (Wildman–Crippen MR) is 66.7 cm³/mol. The molecule has 0 unspecified atom stereocenters. The maximum absolute atomic E-state index is 12.4. The summed E-state index contributed by atoms with van der Waals surface area (Å²) in [6.07, 6.45) is 3.94. The Hall–Kier alpha value is -0.920. The Kier molecular flexibility index (Phi) is 2.91. The summed E-state index contributed by atoms with van der Waals surface area (Å²) >= 11 is 0. The number of rotatable bonds is 3. The van der Waals surface area contributed by atoms with E-state index >= 15 is 0 Å². The highest BCUT2D eigenvalue weighted by molar-refractivity contribution is 7.89. The van der Waals surface area contributed by atoms with Crippen molar-refractivity contribution in [3.05, 3.63) is 11.9 Å². The van der Waals surface area contributed by atoms with E-state index in [1.807, 2.05) is 0 Å². The fraction of sp³-hybridized carbons (Fsp3) is 0.727. The summed E-state index contributed by atoms with van der Waals surface area (Å²) in [4.78, 5) is 2.70. The maximum Gasteiger partial charge on any atom is 0.246 e. The van der Waals surface area contributed by atoms with Crippen molar-refractivity contribution in [2.45, 2.75) is 30.7 Å². The molecule has 1 N–H and O–H groups in total. The number of sulfonamides is 1. The molecular weight excluding hydrogens is 252 g/mol. The lowest BCUT2D eigenvalue weighted by Crippen LogP contribution is -2.49. The van der Waals surface area contributed by atoms with Gasteiger partial charge in [0.25, 0.3) is 0 Å². The highest BCUT2D eigenvalue weighted by atomic mass is 32.2. The monoisotopic (exact) mass is 270 g/mol. The Labute approximate surface area is 107 Å². The van der Waals surface area contributed by atoms with Gasteiger partial charge in [0.05, 0.1) is 11.9 Å². The van der Waals surface area contributed by atoms with E-state index in [1.165, 1.54) is 19.0 Å². The molecule has 2 aliphatic rings. The standard InChI is InChI=1S/C11H18N4O2S/c1-9-11(8-12-13-9)18(16,17)15-6-4-14(5-7-15)10-2-3-10/h8,10H,2-7H2,1H3,(H,12,13). The topological polar surface area (TPSA) is 69.3 Å². The van der Waals surface area contributed by atoms with Crippen LogP contribution in [0.3, 0.4) is 0 Å². The van der Waals surface area contributed by atoms with Crippen LogP contribution in [-0.2, 0) is 10.0 Å². The number of nitrogens with one attached hydrogen (secondary N) is 1. The first kappa shape index (κ1) is 12.1. The number of aromatic amines is 1. The number of hydrogen-bond acceptors (Lipinski definition) is 4. The van der Waals surface area contributed by atoms with Gasteiger partial charge in [-0.15, -0.1) is 0 Å². The van der Waals surface area contributed by atoms with Crippen molar-refractivity contribution in [2.75, 3.05) is 26.2 Å². The fourth-order valence-electron chi connectivity index (χ4n) is 2.49. The van der Waals surface area contributed by atoms with E-state index in [-0.39, 0.29) is 0 Å². The molecule has 2 fully saturated rings. The van der Waals surface area contributed by atoms with Gasteiger partial charge in [-0.05, 0) is 19.8 Å². The Bertz CT molecular complexity index is 527. The summed E-state index contributed by atoms with van der Waals surface area (Å²) < 4.78 is 26.4. The van der Waals surface area contributed by atoms with Crippen LogP contribution in [0.5, 0.6) is 0 Å². The van der Waals surface area contributed by atoms with Crippen LogP contribution >= 0.6 is 0 Å². The second-order valence-electron chi connectivity index (χ2n) is 5.03. The summed E-state index contributed by atoms with van der Waals surface area (Å²) in [6, 6.07) is 0.713. The minimum atomic E-state index is -3.37. The molecule has 0 radical (unpaired) electrons. The number of aryl methyl sites for hydroxylation is 1. The van der Waals surface area contributed by atoms with Crippen molar-refractivity contribution in [3.63, 3.8) is 0 Å². The largest absolute Gasteiger partial charge is 0.298 e. The van der Waals surface area contributed by atoms with E-state index in [4.69, 9.17) is 0 Å². The van der Waals surface area contributed by atoms with Crippen LogP contribution in [-0.4, -0.2) is 60.0 Å². The molecular formula is C11H18N4O2S. The first-order chi connectivity index (χ1) is 8.59. The van der Waals surface area contributed by atoms with Crippen LogP contribution in [0.15, 0.2) is 11.1 Å².